The summed E-state index contributed by atoms with van der Waals surface area (Å²) in [6, 6.07) is 0.125. The summed E-state index contributed by atoms with van der Waals surface area (Å²) in [7, 11) is 4.17. The number of rotatable bonds is 6. The standard InChI is InChI=1S/C33H54N2O2/c1-22(8-9-23-16-19-35(20-21-36)31(23,2)3)25-12-13-26-24-10-11-28-30(37)29(34(6)7)15-18-33(28,5)27(24)14-17-32(25,26)4/h9,22,25-26,28-29,36H,8,10-21H2,1-7H3. The second kappa shape index (κ2) is 9.89. The molecule has 0 aromatic rings. The van der Waals surface area contributed by atoms with Crippen LogP contribution in [-0.4, -0.2) is 66.1 Å². The van der Waals surface area contributed by atoms with Gasteiger partial charge in [-0.05, 0) is 121 Å². The van der Waals surface area contributed by atoms with Gasteiger partial charge in [-0.25, -0.2) is 0 Å². The molecule has 0 bridgehead atoms. The van der Waals surface area contributed by atoms with Gasteiger partial charge in [0.2, 0.25) is 0 Å². The zero-order valence-corrected chi connectivity index (χ0v) is 24.9. The van der Waals surface area contributed by atoms with Gasteiger partial charge in [0.1, 0.15) is 0 Å². The van der Waals surface area contributed by atoms with Crippen LogP contribution >= 0.6 is 0 Å². The lowest BCUT2D eigenvalue weighted by atomic mass is 9.50. The fraction of sp³-hybridized carbons (Fsp3) is 0.848. The molecule has 0 aromatic heterocycles. The number of likely N-dealkylation sites (N-methyl/N-ethyl adjacent to an activating group) is 1. The topological polar surface area (TPSA) is 43.8 Å². The lowest BCUT2D eigenvalue weighted by Gasteiger charge is -2.55. The maximum atomic E-state index is 13.5. The number of likely N-dealkylation sites (tertiary alicyclic amines) is 1. The minimum atomic E-state index is 0.0756. The Morgan fingerprint density at radius 3 is 2.49 bits per heavy atom. The van der Waals surface area contributed by atoms with Gasteiger partial charge in [-0.3, -0.25) is 14.6 Å². The molecule has 0 amide bonds. The molecule has 1 aliphatic heterocycles. The summed E-state index contributed by atoms with van der Waals surface area (Å²) in [6.07, 6.45) is 14.6. The summed E-state index contributed by atoms with van der Waals surface area (Å²) in [5, 5.41) is 9.47. The fourth-order valence-corrected chi connectivity index (χ4v) is 10.2. The number of fused-ring (bicyclic) bond motifs is 4. The highest BCUT2D eigenvalue weighted by Crippen LogP contribution is 2.65. The highest BCUT2D eigenvalue weighted by atomic mass is 16.3. The zero-order valence-electron chi connectivity index (χ0n) is 24.9. The highest BCUT2D eigenvalue weighted by molar-refractivity contribution is 5.88. The van der Waals surface area contributed by atoms with Crippen LogP contribution in [-0.2, 0) is 4.79 Å². The van der Waals surface area contributed by atoms with Gasteiger partial charge in [0.15, 0.2) is 5.78 Å². The maximum absolute atomic E-state index is 13.5. The Kier molecular flexibility index (Phi) is 7.38. The predicted molar refractivity (Wildman–Crippen MR) is 152 cm³/mol. The molecule has 1 saturated heterocycles. The van der Waals surface area contributed by atoms with Crippen LogP contribution in [0.4, 0.5) is 0 Å². The van der Waals surface area contributed by atoms with Crippen LogP contribution in [0.1, 0.15) is 98.8 Å². The first-order chi connectivity index (χ1) is 17.4. The molecule has 1 heterocycles. The van der Waals surface area contributed by atoms with E-state index >= 15 is 0 Å². The molecule has 4 heteroatoms. The average molecular weight is 511 g/mol. The van der Waals surface area contributed by atoms with E-state index in [4.69, 9.17) is 0 Å². The minimum Gasteiger partial charge on any atom is -0.395 e. The van der Waals surface area contributed by atoms with Crippen LogP contribution in [0, 0.1) is 34.5 Å². The molecule has 7 unspecified atom stereocenters. The molecule has 5 rings (SSSR count). The SMILES string of the molecule is CC(CC=C1CCN(CCO)C1(C)C)C1CCC2C3=C(CCC21C)C1(C)CCC(N(C)C)C(=O)C1CC3. The van der Waals surface area contributed by atoms with Crippen LogP contribution < -0.4 is 0 Å². The molecule has 0 spiro atoms. The van der Waals surface area contributed by atoms with Crippen LogP contribution in [0.5, 0.6) is 0 Å². The summed E-state index contributed by atoms with van der Waals surface area (Å²) in [4.78, 5) is 18.1. The number of hydrogen-bond donors (Lipinski definition) is 1. The Morgan fingerprint density at radius 1 is 1.03 bits per heavy atom. The predicted octanol–water partition coefficient (Wildman–Crippen LogP) is 6.25. The molecule has 4 aliphatic carbocycles. The Labute approximate surface area is 226 Å². The van der Waals surface area contributed by atoms with Crippen molar-refractivity contribution in [3.63, 3.8) is 0 Å². The van der Waals surface area contributed by atoms with Crippen LogP contribution in [0.3, 0.4) is 0 Å². The van der Waals surface area contributed by atoms with Gasteiger partial charge >= 0.3 is 0 Å². The van der Waals surface area contributed by atoms with Crippen molar-refractivity contribution in [1.82, 2.24) is 9.80 Å². The normalized spacial score (nSPS) is 41.8. The monoisotopic (exact) mass is 510 g/mol. The number of carbonyl (C=O) groups excluding carboxylic acids is 1. The first-order valence-corrected chi connectivity index (χ1v) is 15.4. The van der Waals surface area contributed by atoms with Gasteiger partial charge in [-0.15, -0.1) is 0 Å². The summed E-state index contributed by atoms with van der Waals surface area (Å²) >= 11 is 0. The van der Waals surface area contributed by atoms with Crippen LogP contribution in [0.25, 0.3) is 0 Å². The van der Waals surface area contributed by atoms with Crippen molar-refractivity contribution < 1.29 is 9.90 Å². The molecule has 3 fully saturated rings. The lowest BCUT2D eigenvalue weighted by Crippen LogP contribution is -2.53. The van der Waals surface area contributed by atoms with Crippen molar-refractivity contribution in [3.8, 4) is 0 Å². The molecule has 1 N–H and O–H groups in total. The number of ketones is 1. The van der Waals surface area contributed by atoms with E-state index < -0.39 is 0 Å². The number of β-amino-alcohol motifs (C(OH)–C–C–N with tert-alkyl or cyclic N) is 1. The van der Waals surface area contributed by atoms with Gasteiger partial charge in [-0.2, -0.15) is 0 Å². The van der Waals surface area contributed by atoms with Gasteiger partial charge in [-0.1, -0.05) is 43.6 Å². The van der Waals surface area contributed by atoms with Crippen molar-refractivity contribution in [2.75, 3.05) is 33.8 Å². The Morgan fingerprint density at radius 2 is 1.78 bits per heavy atom. The summed E-state index contributed by atoms with van der Waals surface area (Å²) in [6.45, 7) is 14.4. The Bertz CT molecular complexity index is 963. The van der Waals surface area contributed by atoms with E-state index in [-0.39, 0.29) is 29.5 Å². The van der Waals surface area contributed by atoms with Gasteiger partial charge < -0.3 is 5.11 Å². The quantitative estimate of drug-likeness (QED) is 0.429. The third kappa shape index (κ3) is 4.32. The molecule has 0 aromatic carbocycles. The average Bonchev–Trinajstić information content (AvgIpc) is 3.33. The second-order valence-electron chi connectivity index (χ2n) is 14.6. The number of nitrogens with zero attached hydrogens (tertiary/aromatic N) is 2. The number of aliphatic hydroxyl groups is 1. The molecular formula is C33H54N2O2. The smallest absolute Gasteiger partial charge is 0.153 e. The van der Waals surface area contributed by atoms with E-state index in [9.17, 15) is 9.90 Å². The third-order valence-corrected chi connectivity index (χ3v) is 12.5. The van der Waals surface area contributed by atoms with E-state index in [0.29, 0.717) is 17.1 Å². The van der Waals surface area contributed by atoms with E-state index in [1.54, 1.807) is 16.7 Å². The van der Waals surface area contributed by atoms with Crippen LogP contribution in [0.2, 0.25) is 0 Å². The summed E-state index contributed by atoms with van der Waals surface area (Å²) < 4.78 is 0. The van der Waals surface area contributed by atoms with Crippen LogP contribution in [0.15, 0.2) is 22.8 Å². The van der Waals surface area contributed by atoms with Crippen molar-refractivity contribution >= 4 is 5.78 Å². The second-order valence-corrected chi connectivity index (χ2v) is 14.6. The molecule has 37 heavy (non-hydrogen) atoms. The Balaban J connectivity index is 1.33. The third-order valence-electron chi connectivity index (χ3n) is 12.5. The molecule has 208 valence electrons. The van der Waals surface area contributed by atoms with E-state index in [2.05, 4.69) is 64.6 Å². The first kappa shape index (κ1) is 27.6. The van der Waals surface area contributed by atoms with Gasteiger partial charge in [0, 0.05) is 24.5 Å². The van der Waals surface area contributed by atoms with Crippen molar-refractivity contribution in [3.05, 3.63) is 22.8 Å². The van der Waals surface area contributed by atoms with E-state index in [1.165, 1.54) is 44.9 Å². The molecule has 0 radical (unpaired) electrons. The first-order valence-electron chi connectivity index (χ1n) is 15.4. The number of aliphatic hydroxyl groups excluding tert-OH is 1. The lowest BCUT2D eigenvalue weighted by molar-refractivity contribution is -0.135. The number of Topliss-reactive ketones (excluding diaryl/α,β-unsaturated/α-hetero) is 1. The fourth-order valence-electron chi connectivity index (χ4n) is 10.2. The number of allylic oxidation sites excluding steroid dienone is 3. The van der Waals surface area contributed by atoms with Crippen molar-refractivity contribution in [1.29, 1.82) is 0 Å². The summed E-state index contributed by atoms with van der Waals surface area (Å²) in [5.74, 6) is 2.99. The maximum Gasteiger partial charge on any atom is 0.153 e. The van der Waals surface area contributed by atoms with Crippen molar-refractivity contribution in [2.45, 2.75) is 110 Å². The van der Waals surface area contributed by atoms with Crippen molar-refractivity contribution in [2.24, 2.45) is 34.5 Å². The van der Waals surface area contributed by atoms with Gasteiger partial charge in [0.25, 0.3) is 0 Å². The molecule has 2 saturated carbocycles. The molecular weight excluding hydrogens is 456 g/mol. The molecule has 4 nitrogen and oxygen atoms in total. The minimum absolute atomic E-state index is 0.0756. The largest absolute Gasteiger partial charge is 0.395 e. The highest BCUT2D eigenvalue weighted by Gasteiger charge is 2.57. The molecule has 5 aliphatic rings. The van der Waals surface area contributed by atoms with Gasteiger partial charge in [0.05, 0.1) is 12.6 Å². The number of hydrogen-bond acceptors (Lipinski definition) is 4. The number of carbonyl (C=O) groups is 1. The summed E-state index contributed by atoms with van der Waals surface area (Å²) in [5.41, 5.74) is 5.70. The van der Waals surface area contributed by atoms with E-state index in [1.807, 2.05) is 0 Å². The zero-order chi connectivity index (χ0) is 26.8. The Hall–Kier alpha value is -0.970. The van der Waals surface area contributed by atoms with E-state index in [0.717, 1.165) is 44.2 Å². The molecule has 7 atom stereocenters.